The van der Waals surface area contributed by atoms with Crippen LogP contribution in [0.1, 0.15) is 24.0 Å². The second-order valence-corrected chi connectivity index (χ2v) is 3.99. The number of nitrogens with zero attached hydrogens (tertiary/aromatic N) is 2. The van der Waals surface area contributed by atoms with Gasteiger partial charge in [-0.3, -0.25) is 0 Å². The predicted octanol–water partition coefficient (Wildman–Crippen LogP) is 3.15. The van der Waals surface area contributed by atoms with Gasteiger partial charge in [0, 0.05) is 18.8 Å². The summed E-state index contributed by atoms with van der Waals surface area (Å²) in [7, 11) is 0. The number of likely N-dealkylation sites (N-methyl/N-ethyl adjacent to an activating group) is 1. The molecule has 1 unspecified atom stereocenters. The van der Waals surface area contributed by atoms with Gasteiger partial charge in [-0.15, -0.1) is 0 Å². The average Bonchev–Trinajstić information content (AvgIpc) is 2.64. The van der Waals surface area contributed by atoms with Gasteiger partial charge in [-0.2, -0.15) is 18.4 Å². The van der Waals surface area contributed by atoms with Crippen LogP contribution in [0.3, 0.4) is 0 Å². The lowest BCUT2D eigenvalue weighted by atomic mass is 10.0. The molecule has 0 saturated carbocycles. The van der Waals surface area contributed by atoms with Crippen LogP contribution in [0.15, 0.2) is 18.2 Å². The Morgan fingerprint density at radius 2 is 2.18 bits per heavy atom. The summed E-state index contributed by atoms with van der Waals surface area (Å²) in [6.45, 7) is 2.94. The summed E-state index contributed by atoms with van der Waals surface area (Å²) in [6, 6.07) is 5.72. The van der Waals surface area contributed by atoms with Crippen LogP contribution in [0.4, 0.5) is 18.9 Å². The molecule has 0 N–H and O–H groups in total. The molecule has 1 aliphatic rings. The van der Waals surface area contributed by atoms with Gasteiger partial charge >= 0.3 is 6.18 Å². The van der Waals surface area contributed by atoms with Gasteiger partial charge in [0.15, 0.2) is 0 Å². The van der Waals surface area contributed by atoms with Gasteiger partial charge in [0.2, 0.25) is 0 Å². The van der Waals surface area contributed by atoms with E-state index in [1.165, 1.54) is 6.07 Å². The van der Waals surface area contributed by atoms with E-state index in [4.69, 9.17) is 5.26 Å². The summed E-state index contributed by atoms with van der Waals surface area (Å²) >= 11 is 0. The summed E-state index contributed by atoms with van der Waals surface area (Å²) < 4.78 is 37.7. The molecule has 0 amide bonds. The van der Waals surface area contributed by atoms with E-state index in [1.807, 2.05) is 6.92 Å². The first-order valence-corrected chi connectivity index (χ1v) is 5.33. The summed E-state index contributed by atoms with van der Waals surface area (Å²) in [5.41, 5.74) is 0.574. The molecular weight excluding hydrogens is 229 g/mol. The number of benzene rings is 1. The molecule has 2 nitrogen and oxygen atoms in total. The topological polar surface area (TPSA) is 27.0 Å². The quantitative estimate of drug-likeness (QED) is 0.754. The van der Waals surface area contributed by atoms with Crippen LogP contribution in [-0.4, -0.2) is 13.1 Å². The number of fused-ring (bicyclic) bond motifs is 1. The number of rotatable bonds is 1. The Morgan fingerprint density at radius 3 is 2.71 bits per heavy atom. The van der Waals surface area contributed by atoms with E-state index in [-0.39, 0.29) is 5.92 Å². The molecule has 0 spiro atoms. The minimum atomic E-state index is -4.33. The third-order valence-corrected chi connectivity index (χ3v) is 3.01. The fourth-order valence-electron chi connectivity index (χ4n) is 2.12. The monoisotopic (exact) mass is 240 g/mol. The van der Waals surface area contributed by atoms with Gasteiger partial charge in [-0.25, -0.2) is 0 Å². The number of hydrogen-bond acceptors (Lipinski definition) is 2. The van der Waals surface area contributed by atoms with Crippen molar-refractivity contribution in [1.82, 2.24) is 0 Å². The lowest BCUT2D eigenvalue weighted by Crippen LogP contribution is -2.20. The summed E-state index contributed by atoms with van der Waals surface area (Å²) in [5, 5.41) is 8.96. The average molecular weight is 240 g/mol. The zero-order valence-corrected chi connectivity index (χ0v) is 9.25. The standard InChI is InChI=1S/C12H11F3N2/c1-2-17-7-8(6-16)10-4-3-9(5-11(10)17)12(13,14)15/h3-5,8H,2,7H2,1H3. The fraction of sp³-hybridized carbons (Fsp3) is 0.417. The second-order valence-electron chi connectivity index (χ2n) is 3.99. The summed E-state index contributed by atoms with van der Waals surface area (Å²) in [6.07, 6.45) is -4.33. The Bertz CT molecular complexity index is 474. The molecule has 2 rings (SSSR count). The maximum atomic E-state index is 12.6. The zero-order valence-electron chi connectivity index (χ0n) is 9.25. The lowest BCUT2D eigenvalue weighted by Gasteiger charge is -2.17. The third-order valence-electron chi connectivity index (χ3n) is 3.01. The highest BCUT2D eigenvalue weighted by atomic mass is 19.4. The second kappa shape index (κ2) is 3.95. The molecule has 0 bridgehead atoms. The van der Waals surface area contributed by atoms with Crippen molar-refractivity contribution >= 4 is 5.69 Å². The molecule has 0 aromatic heterocycles. The van der Waals surface area contributed by atoms with Crippen LogP contribution < -0.4 is 4.90 Å². The molecule has 90 valence electrons. The third kappa shape index (κ3) is 1.95. The zero-order chi connectivity index (χ0) is 12.6. The van der Waals surface area contributed by atoms with Crippen LogP contribution in [-0.2, 0) is 6.18 Å². The first kappa shape index (κ1) is 11.8. The number of anilines is 1. The van der Waals surface area contributed by atoms with E-state index < -0.39 is 11.7 Å². The van der Waals surface area contributed by atoms with Crippen LogP contribution in [0.25, 0.3) is 0 Å². The van der Waals surface area contributed by atoms with E-state index in [2.05, 4.69) is 6.07 Å². The highest BCUT2D eigenvalue weighted by Gasteiger charge is 2.34. The molecule has 0 fully saturated rings. The minimum Gasteiger partial charge on any atom is -0.370 e. The molecule has 17 heavy (non-hydrogen) atoms. The Labute approximate surface area is 97.3 Å². The van der Waals surface area contributed by atoms with Gasteiger partial charge in [0.25, 0.3) is 0 Å². The number of hydrogen-bond donors (Lipinski definition) is 0. The van der Waals surface area contributed by atoms with Crippen molar-refractivity contribution in [3.05, 3.63) is 29.3 Å². The van der Waals surface area contributed by atoms with Gasteiger partial charge in [-0.1, -0.05) is 6.07 Å². The summed E-state index contributed by atoms with van der Waals surface area (Å²) in [4.78, 5) is 1.80. The lowest BCUT2D eigenvalue weighted by molar-refractivity contribution is -0.137. The van der Waals surface area contributed by atoms with Crippen molar-refractivity contribution in [3.63, 3.8) is 0 Å². The summed E-state index contributed by atoms with van der Waals surface area (Å²) in [5.74, 6) is -0.327. The van der Waals surface area contributed by atoms with Crippen molar-refractivity contribution in [2.24, 2.45) is 0 Å². The number of nitriles is 1. The molecular formula is C12H11F3N2. The van der Waals surface area contributed by atoms with Crippen LogP contribution in [0.2, 0.25) is 0 Å². The minimum absolute atomic E-state index is 0.327. The first-order valence-electron chi connectivity index (χ1n) is 5.33. The van der Waals surface area contributed by atoms with E-state index in [9.17, 15) is 13.2 Å². The Hall–Kier alpha value is -1.70. The molecule has 1 atom stereocenters. The van der Waals surface area contributed by atoms with Crippen molar-refractivity contribution in [3.8, 4) is 6.07 Å². The van der Waals surface area contributed by atoms with Gasteiger partial charge in [0.05, 0.1) is 17.6 Å². The molecule has 0 saturated heterocycles. The first-order chi connectivity index (χ1) is 7.97. The van der Waals surface area contributed by atoms with Gasteiger partial charge in [-0.05, 0) is 24.6 Å². The smallest absolute Gasteiger partial charge is 0.370 e. The number of halogens is 3. The molecule has 1 aromatic carbocycles. The SMILES string of the molecule is CCN1CC(C#N)c2ccc(C(F)(F)F)cc21. The molecule has 0 aliphatic carbocycles. The van der Waals surface area contributed by atoms with Crippen molar-refractivity contribution < 1.29 is 13.2 Å². The van der Waals surface area contributed by atoms with Crippen molar-refractivity contribution in [2.45, 2.75) is 19.0 Å². The van der Waals surface area contributed by atoms with E-state index in [0.29, 0.717) is 24.3 Å². The Kier molecular flexibility index (Phi) is 2.74. The Balaban J connectivity index is 2.49. The van der Waals surface area contributed by atoms with Crippen molar-refractivity contribution in [2.75, 3.05) is 18.0 Å². The van der Waals surface area contributed by atoms with E-state index in [0.717, 1.165) is 12.1 Å². The molecule has 1 aromatic rings. The normalized spacial score (nSPS) is 19.0. The van der Waals surface area contributed by atoms with E-state index >= 15 is 0 Å². The van der Waals surface area contributed by atoms with Gasteiger partial charge < -0.3 is 4.90 Å². The fourth-order valence-corrected chi connectivity index (χ4v) is 2.12. The van der Waals surface area contributed by atoms with Gasteiger partial charge in [0.1, 0.15) is 0 Å². The van der Waals surface area contributed by atoms with Crippen LogP contribution in [0, 0.1) is 11.3 Å². The number of alkyl halides is 3. The maximum absolute atomic E-state index is 12.6. The highest BCUT2D eigenvalue weighted by molar-refractivity contribution is 5.63. The molecule has 1 aliphatic heterocycles. The maximum Gasteiger partial charge on any atom is 0.416 e. The predicted molar refractivity (Wildman–Crippen MR) is 57.7 cm³/mol. The molecule has 5 heteroatoms. The van der Waals surface area contributed by atoms with Crippen LogP contribution >= 0.6 is 0 Å². The Morgan fingerprint density at radius 1 is 1.47 bits per heavy atom. The largest absolute Gasteiger partial charge is 0.416 e. The van der Waals surface area contributed by atoms with Crippen molar-refractivity contribution in [1.29, 1.82) is 5.26 Å². The van der Waals surface area contributed by atoms with E-state index in [1.54, 1.807) is 4.90 Å². The van der Waals surface area contributed by atoms with Crippen LogP contribution in [0.5, 0.6) is 0 Å². The molecule has 1 heterocycles. The molecule has 0 radical (unpaired) electrons. The highest BCUT2D eigenvalue weighted by Crippen LogP contribution is 2.40.